The van der Waals surface area contributed by atoms with Crippen molar-refractivity contribution < 1.29 is 19.0 Å². The largest absolute Gasteiger partial charge is 0.426 e. The maximum absolute atomic E-state index is 12.6. The average molecular weight is 208 g/mol. The monoisotopic (exact) mass is 208 g/mol. The van der Waals surface area contributed by atoms with E-state index >= 15 is 0 Å². The van der Waals surface area contributed by atoms with Crippen LogP contribution in [0.25, 0.3) is 5.76 Å². The number of aliphatic hydroxyl groups excluding tert-OH is 1. The third kappa shape index (κ3) is 1.89. The fraction of sp³-hybridized carbons (Fsp3) is 0.182. The van der Waals surface area contributed by atoms with Gasteiger partial charge in [-0.15, -0.1) is 0 Å². The number of aliphatic hydroxyl groups is 1. The highest BCUT2D eigenvalue weighted by Crippen LogP contribution is 2.26. The van der Waals surface area contributed by atoms with Crippen LogP contribution < -0.4 is 0 Å². The molecule has 0 saturated carbocycles. The Labute approximate surface area is 85.8 Å². The van der Waals surface area contributed by atoms with Crippen molar-refractivity contribution in [2.45, 2.75) is 0 Å². The lowest BCUT2D eigenvalue weighted by molar-refractivity contribution is -0.138. The molecule has 1 aromatic rings. The summed E-state index contributed by atoms with van der Waals surface area (Å²) >= 11 is 0. The van der Waals surface area contributed by atoms with Gasteiger partial charge in [-0.25, -0.2) is 4.39 Å². The van der Waals surface area contributed by atoms with E-state index in [0.29, 0.717) is 11.3 Å². The van der Waals surface area contributed by atoms with Crippen LogP contribution in [0.15, 0.2) is 30.3 Å². The van der Waals surface area contributed by atoms with Gasteiger partial charge in [-0.1, -0.05) is 0 Å². The van der Waals surface area contributed by atoms with Crippen LogP contribution in [0.2, 0.25) is 0 Å². The van der Waals surface area contributed by atoms with Crippen molar-refractivity contribution in [1.29, 1.82) is 0 Å². The summed E-state index contributed by atoms with van der Waals surface area (Å²) in [6, 6.07) is 5.62. The summed E-state index contributed by atoms with van der Waals surface area (Å²) in [7, 11) is 0. The molecule has 0 aliphatic carbocycles. The zero-order valence-electron chi connectivity index (χ0n) is 7.81. The van der Waals surface area contributed by atoms with Crippen LogP contribution in [0.5, 0.6) is 0 Å². The fourth-order valence-corrected chi connectivity index (χ4v) is 1.37. The molecule has 1 N–H and O–H groups in total. The van der Waals surface area contributed by atoms with Crippen molar-refractivity contribution in [3.63, 3.8) is 0 Å². The minimum atomic E-state index is -0.606. The molecule has 0 radical (unpaired) electrons. The fourth-order valence-electron chi connectivity index (χ4n) is 1.37. The van der Waals surface area contributed by atoms with E-state index in [1.165, 1.54) is 30.3 Å². The molecule has 0 aromatic heterocycles. The van der Waals surface area contributed by atoms with Gasteiger partial charge in [0.05, 0.1) is 6.61 Å². The molecule has 0 fully saturated rings. The van der Waals surface area contributed by atoms with Crippen molar-refractivity contribution in [2.75, 3.05) is 6.61 Å². The normalized spacial score (nSPS) is 20.0. The molecular formula is C11H9FO3. The first-order valence-electron chi connectivity index (χ1n) is 4.51. The Morgan fingerprint density at radius 2 is 2.00 bits per heavy atom. The standard InChI is InChI=1S/C11H9FO3/c12-9-3-1-7(2-4-9)10-5-8(6-13)11(14)15-10/h1-5,8,13H,6H2. The Hall–Kier alpha value is -1.68. The number of carbonyl (C=O) groups excluding carboxylic acids is 1. The van der Waals surface area contributed by atoms with Crippen LogP contribution in [0.3, 0.4) is 0 Å². The third-order valence-electron chi connectivity index (χ3n) is 2.19. The summed E-state index contributed by atoms with van der Waals surface area (Å²) in [5.74, 6) is -1.05. The lowest BCUT2D eigenvalue weighted by Crippen LogP contribution is -2.11. The summed E-state index contributed by atoms with van der Waals surface area (Å²) in [6.07, 6.45) is 1.54. The predicted molar refractivity (Wildman–Crippen MR) is 51.0 cm³/mol. The molecule has 1 aromatic carbocycles. The molecule has 4 heteroatoms. The number of halogens is 1. The van der Waals surface area contributed by atoms with Crippen LogP contribution >= 0.6 is 0 Å². The molecule has 0 spiro atoms. The van der Waals surface area contributed by atoms with Crippen molar-refractivity contribution in [2.24, 2.45) is 5.92 Å². The molecule has 1 heterocycles. The second kappa shape index (κ2) is 3.82. The summed E-state index contributed by atoms with van der Waals surface area (Å²) in [4.78, 5) is 11.1. The van der Waals surface area contributed by atoms with Gasteiger partial charge in [0.2, 0.25) is 0 Å². The van der Waals surface area contributed by atoms with Crippen molar-refractivity contribution >= 4 is 11.7 Å². The number of ether oxygens (including phenoxy) is 1. The molecule has 1 atom stereocenters. The van der Waals surface area contributed by atoms with E-state index in [0.717, 1.165) is 0 Å². The molecule has 1 unspecified atom stereocenters. The van der Waals surface area contributed by atoms with Gasteiger partial charge in [-0.05, 0) is 30.3 Å². The molecule has 15 heavy (non-hydrogen) atoms. The number of hydrogen-bond donors (Lipinski definition) is 1. The first-order valence-corrected chi connectivity index (χ1v) is 4.51. The van der Waals surface area contributed by atoms with Crippen LogP contribution in [0, 0.1) is 11.7 Å². The van der Waals surface area contributed by atoms with Crippen LogP contribution in [0.4, 0.5) is 4.39 Å². The number of rotatable bonds is 2. The summed E-state index contributed by atoms with van der Waals surface area (Å²) in [6.45, 7) is -0.274. The highest BCUT2D eigenvalue weighted by Gasteiger charge is 2.26. The quantitative estimate of drug-likeness (QED) is 0.746. The minimum absolute atomic E-state index is 0.274. The zero-order chi connectivity index (χ0) is 10.8. The second-order valence-corrected chi connectivity index (χ2v) is 3.25. The second-order valence-electron chi connectivity index (χ2n) is 3.25. The molecule has 1 aliphatic rings. The number of cyclic esters (lactones) is 1. The van der Waals surface area contributed by atoms with E-state index in [1.54, 1.807) is 0 Å². The van der Waals surface area contributed by atoms with E-state index in [2.05, 4.69) is 0 Å². The number of esters is 1. The van der Waals surface area contributed by atoms with Gasteiger partial charge in [0.25, 0.3) is 0 Å². The van der Waals surface area contributed by atoms with Crippen molar-refractivity contribution in [1.82, 2.24) is 0 Å². The molecule has 0 amide bonds. The average Bonchev–Trinajstić information content (AvgIpc) is 2.61. The van der Waals surface area contributed by atoms with Crippen molar-refractivity contribution in [3.8, 4) is 0 Å². The number of carbonyl (C=O) groups is 1. The van der Waals surface area contributed by atoms with E-state index in [-0.39, 0.29) is 12.4 Å². The Bertz CT molecular complexity index is 408. The van der Waals surface area contributed by atoms with Crippen LogP contribution in [-0.4, -0.2) is 17.7 Å². The number of hydrogen-bond acceptors (Lipinski definition) is 3. The van der Waals surface area contributed by atoms with Crippen molar-refractivity contribution in [3.05, 3.63) is 41.7 Å². The van der Waals surface area contributed by atoms with Crippen LogP contribution in [-0.2, 0) is 9.53 Å². The van der Waals surface area contributed by atoms with Gasteiger partial charge in [-0.3, -0.25) is 4.79 Å². The van der Waals surface area contributed by atoms with E-state index in [9.17, 15) is 9.18 Å². The molecule has 3 nitrogen and oxygen atoms in total. The minimum Gasteiger partial charge on any atom is -0.426 e. The predicted octanol–water partition coefficient (Wildman–Crippen LogP) is 1.33. The lowest BCUT2D eigenvalue weighted by Gasteiger charge is -2.01. The molecular weight excluding hydrogens is 199 g/mol. The Balaban J connectivity index is 2.26. The molecule has 0 bridgehead atoms. The highest BCUT2D eigenvalue weighted by atomic mass is 19.1. The van der Waals surface area contributed by atoms with Gasteiger partial charge < -0.3 is 9.84 Å². The maximum Gasteiger partial charge on any atom is 0.320 e. The van der Waals surface area contributed by atoms with Gasteiger partial charge >= 0.3 is 5.97 Å². The lowest BCUT2D eigenvalue weighted by atomic mass is 10.1. The molecule has 78 valence electrons. The maximum atomic E-state index is 12.6. The SMILES string of the molecule is O=C1OC(c2ccc(F)cc2)=CC1CO. The Morgan fingerprint density at radius 3 is 2.53 bits per heavy atom. The zero-order valence-corrected chi connectivity index (χ0v) is 7.81. The van der Waals surface area contributed by atoms with Gasteiger partial charge in [0, 0.05) is 5.56 Å². The van der Waals surface area contributed by atoms with Gasteiger partial charge in [-0.2, -0.15) is 0 Å². The van der Waals surface area contributed by atoms with Gasteiger partial charge in [0.1, 0.15) is 17.5 Å². The first kappa shape index (κ1) is 9.86. The Kier molecular flexibility index (Phi) is 2.51. The molecule has 2 rings (SSSR count). The Morgan fingerprint density at radius 1 is 1.33 bits per heavy atom. The number of benzene rings is 1. The molecule has 0 saturated heterocycles. The topological polar surface area (TPSA) is 46.5 Å². The van der Waals surface area contributed by atoms with E-state index < -0.39 is 11.9 Å². The van der Waals surface area contributed by atoms with Gasteiger partial charge in [0.15, 0.2) is 0 Å². The van der Waals surface area contributed by atoms with Crippen LogP contribution in [0.1, 0.15) is 5.56 Å². The summed E-state index contributed by atoms with van der Waals surface area (Å²) in [5.41, 5.74) is 0.626. The third-order valence-corrected chi connectivity index (χ3v) is 2.19. The first-order chi connectivity index (χ1) is 7.20. The summed E-state index contributed by atoms with van der Waals surface area (Å²) in [5, 5.41) is 8.84. The van der Waals surface area contributed by atoms with E-state index in [1.807, 2.05) is 0 Å². The molecule has 1 aliphatic heterocycles. The highest BCUT2D eigenvalue weighted by molar-refractivity contribution is 5.87. The van der Waals surface area contributed by atoms with E-state index in [4.69, 9.17) is 9.84 Å². The smallest absolute Gasteiger partial charge is 0.320 e. The summed E-state index contributed by atoms with van der Waals surface area (Å²) < 4.78 is 17.6.